The van der Waals surface area contributed by atoms with Gasteiger partial charge in [-0.15, -0.1) is 0 Å². The third kappa shape index (κ3) is 4.79. The molecule has 8 heteroatoms. The second-order valence-electron chi connectivity index (χ2n) is 9.01. The molecule has 2 amide bonds. The number of nitrogens with one attached hydrogen (secondary N) is 2. The summed E-state index contributed by atoms with van der Waals surface area (Å²) >= 11 is 0. The number of methoxy groups -OCH3 is 1. The summed E-state index contributed by atoms with van der Waals surface area (Å²) in [4.78, 5) is 56.2. The molecule has 1 aliphatic rings. The van der Waals surface area contributed by atoms with Crippen LogP contribution in [-0.2, 0) is 27.2 Å². The molecule has 2 aromatic carbocycles. The lowest BCUT2D eigenvalue weighted by atomic mass is 9.94. The number of fused-ring (bicyclic) bond motifs is 1. The van der Waals surface area contributed by atoms with Crippen LogP contribution >= 0.6 is 0 Å². The van der Waals surface area contributed by atoms with E-state index in [0.717, 1.165) is 11.1 Å². The fourth-order valence-electron chi connectivity index (χ4n) is 4.72. The van der Waals surface area contributed by atoms with Crippen molar-refractivity contribution in [3.8, 4) is 0 Å². The largest absolute Gasteiger partial charge is 0.465 e. The lowest BCUT2D eigenvalue weighted by Crippen LogP contribution is -2.51. The summed E-state index contributed by atoms with van der Waals surface area (Å²) in [6.45, 7) is 4.99. The first-order valence-corrected chi connectivity index (χ1v) is 11.8. The van der Waals surface area contributed by atoms with Crippen LogP contribution in [0.1, 0.15) is 56.6 Å². The van der Waals surface area contributed by atoms with Crippen molar-refractivity contribution in [3.63, 3.8) is 0 Å². The summed E-state index contributed by atoms with van der Waals surface area (Å²) in [5.41, 5.74) is 4.49. The zero-order chi connectivity index (χ0) is 26.0. The van der Waals surface area contributed by atoms with Crippen LogP contribution in [0.25, 0.3) is 0 Å². The Morgan fingerprint density at radius 1 is 1.06 bits per heavy atom. The van der Waals surface area contributed by atoms with E-state index >= 15 is 0 Å². The standard InChI is InChI=1S/C28H29N3O5/c1-16-9-12-20(13-10-16)29-27(34)23-14-11-19-7-5-6-8-22(19)31(23)24(33)15-21-25(28(35)36-4)17(2)26(30-21)18(3)32/h5-10,12-13,23,30H,11,14-15H2,1-4H3,(H,29,34)/t23-/m0/s1. The quantitative estimate of drug-likeness (QED) is 0.401. The van der Waals surface area contributed by atoms with Gasteiger partial charge in [-0.2, -0.15) is 0 Å². The predicted molar refractivity (Wildman–Crippen MR) is 136 cm³/mol. The molecule has 2 N–H and O–H groups in total. The van der Waals surface area contributed by atoms with Crippen LogP contribution in [0.3, 0.4) is 0 Å². The smallest absolute Gasteiger partial charge is 0.339 e. The van der Waals surface area contributed by atoms with Crippen molar-refractivity contribution in [1.29, 1.82) is 0 Å². The highest BCUT2D eigenvalue weighted by Crippen LogP contribution is 2.32. The first kappa shape index (κ1) is 24.9. The summed E-state index contributed by atoms with van der Waals surface area (Å²) in [6.07, 6.45) is 0.892. The molecule has 0 spiro atoms. The molecule has 1 aliphatic heterocycles. The second-order valence-corrected chi connectivity index (χ2v) is 9.01. The molecule has 4 rings (SSSR count). The van der Waals surface area contributed by atoms with Crippen LogP contribution in [0.2, 0.25) is 0 Å². The number of ether oxygens (including phenoxy) is 1. The molecule has 0 saturated carbocycles. The maximum atomic E-state index is 13.8. The molecule has 1 aromatic heterocycles. The lowest BCUT2D eigenvalue weighted by Gasteiger charge is -2.36. The van der Waals surface area contributed by atoms with Crippen molar-refractivity contribution in [2.45, 2.75) is 46.1 Å². The van der Waals surface area contributed by atoms with Crippen LogP contribution in [0.5, 0.6) is 0 Å². The third-order valence-corrected chi connectivity index (χ3v) is 6.54. The molecule has 2 heterocycles. The van der Waals surface area contributed by atoms with Gasteiger partial charge in [0.05, 0.1) is 24.8 Å². The number of hydrogen-bond acceptors (Lipinski definition) is 5. The van der Waals surface area contributed by atoms with Crippen molar-refractivity contribution in [2.75, 3.05) is 17.3 Å². The van der Waals surface area contributed by atoms with E-state index in [1.165, 1.54) is 18.9 Å². The maximum Gasteiger partial charge on any atom is 0.339 e. The van der Waals surface area contributed by atoms with Gasteiger partial charge < -0.3 is 15.0 Å². The number of esters is 1. The molecule has 0 aliphatic carbocycles. The van der Waals surface area contributed by atoms with Gasteiger partial charge in [-0.25, -0.2) is 4.79 Å². The monoisotopic (exact) mass is 487 g/mol. The average molecular weight is 488 g/mol. The number of aromatic nitrogens is 1. The number of rotatable bonds is 6. The van der Waals surface area contributed by atoms with E-state index in [-0.39, 0.29) is 41.0 Å². The Labute approximate surface area is 209 Å². The van der Waals surface area contributed by atoms with Crippen molar-refractivity contribution >= 4 is 34.9 Å². The zero-order valence-corrected chi connectivity index (χ0v) is 20.8. The van der Waals surface area contributed by atoms with E-state index in [9.17, 15) is 19.2 Å². The number of carbonyl (C=O) groups excluding carboxylic acids is 4. The topological polar surface area (TPSA) is 109 Å². The number of hydrogen-bond donors (Lipinski definition) is 2. The van der Waals surface area contributed by atoms with E-state index in [1.807, 2.05) is 55.5 Å². The van der Waals surface area contributed by atoms with Crippen LogP contribution in [0.15, 0.2) is 48.5 Å². The SMILES string of the molecule is COC(=O)c1c(CC(=O)N2c3ccccc3CC[C@H]2C(=O)Nc2ccc(C)cc2)[nH]c(C(C)=O)c1C. The van der Waals surface area contributed by atoms with Gasteiger partial charge in [-0.3, -0.25) is 19.3 Å². The third-order valence-electron chi connectivity index (χ3n) is 6.54. The van der Waals surface area contributed by atoms with Gasteiger partial charge in [0.2, 0.25) is 11.8 Å². The summed E-state index contributed by atoms with van der Waals surface area (Å²) < 4.78 is 4.91. The molecule has 3 aromatic rings. The van der Waals surface area contributed by atoms with E-state index in [4.69, 9.17) is 4.74 Å². The minimum atomic E-state index is -0.737. The van der Waals surface area contributed by atoms with Crippen molar-refractivity contribution < 1.29 is 23.9 Å². The fraction of sp³-hybridized carbons (Fsp3) is 0.286. The zero-order valence-electron chi connectivity index (χ0n) is 20.8. The Kier molecular flexibility index (Phi) is 7.05. The Hall–Kier alpha value is -4.20. The van der Waals surface area contributed by atoms with E-state index < -0.39 is 12.0 Å². The van der Waals surface area contributed by atoms with E-state index in [0.29, 0.717) is 29.8 Å². The molecule has 186 valence electrons. The maximum absolute atomic E-state index is 13.8. The van der Waals surface area contributed by atoms with Crippen molar-refractivity contribution in [1.82, 2.24) is 4.98 Å². The molecule has 0 saturated heterocycles. The van der Waals surface area contributed by atoms with Gasteiger partial charge in [-0.1, -0.05) is 35.9 Å². The van der Waals surface area contributed by atoms with Crippen LogP contribution in [0, 0.1) is 13.8 Å². The molecular formula is C28H29N3O5. The molecule has 0 bridgehead atoms. The van der Waals surface area contributed by atoms with Crippen molar-refractivity contribution in [2.24, 2.45) is 0 Å². The van der Waals surface area contributed by atoms with Gasteiger partial charge in [0, 0.05) is 24.0 Å². The highest BCUT2D eigenvalue weighted by molar-refractivity contribution is 6.07. The first-order valence-electron chi connectivity index (χ1n) is 11.8. The molecule has 0 fully saturated rings. The van der Waals surface area contributed by atoms with Crippen molar-refractivity contribution in [3.05, 3.63) is 82.2 Å². The molecule has 1 atom stereocenters. The normalized spacial score (nSPS) is 14.7. The summed E-state index contributed by atoms with van der Waals surface area (Å²) in [7, 11) is 1.25. The first-order chi connectivity index (χ1) is 17.2. The second kappa shape index (κ2) is 10.2. The number of aryl methyl sites for hydroxylation is 2. The summed E-state index contributed by atoms with van der Waals surface area (Å²) in [5, 5.41) is 2.93. The Morgan fingerprint density at radius 3 is 2.42 bits per heavy atom. The number of benzene rings is 2. The average Bonchev–Trinajstić information content (AvgIpc) is 3.19. The number of carbonyl (C=O) groups is 4. The minimum Gasteiger partial charge on any atom is -0.465 e. The predicted octanol–water partition coefficient (Wildman–Crippen LogP) is 4.15. The fourth-order valence-corrected chi connectivity index (χ4v) is 4.72. The van der Waals surface area contributed by atoms with Gasteiger partial charge >= 0.3 is 5.97 Å². The molecule has 36 heavy (non-hydrogen) atoms. The Bertz CT molecular complexity index is 1340. The van der Waals surface area contributed by atoms with Gasteiger partial charge in [0.25, 0.3) is 0 Å². The van der Waals surface area contributed by atoms with Gasteiger partial charge in [-0.05, 0) is 56.0 Å². The number of para-hydroxylation sites is 1. The number of H-pyrrole nitrogens is 1. The van der Waals surface area contributed by atoms with Crippen LogP contribution < -0.4 is 10.2 Å². The van der Waals surface area contributed by atoms with Gasteiger partial charge in [0.15, 0.2) is 5.78 Å². The Balaban J connectivity index is 1.69. The summed E-state index contributed by atoms with van der Waals surface area (Å²) in [5.74, 6) is -1.54. The Morgan fingerprint density at radius 2 is 1.75 bits per heavy atom. The number of nitrogens with zero attached hydrogens (tertiary/aromatic N) is 1. The number of aromatic amines is 1. The van der Waals surface area contributed by atoms with Crippen LogP contribution in [0.4, 0.5) is 11.4 Å². The van der Waals surface area contributed by atoms with E-state index in [2.05, 4.69) is 10.3 Å². The number of amides is 2. The number of ketones is 1. The highest BCUT2D eigenvalue weighted by atomic mass is 16.5. The van der Waals surface area contributed by atoms with Gasteiger partial charge in [0.1, 0.15) is 6.04 Å². The number of anilines is 2. The molecule has 8 nitrogen and oxygen atoms in total. The molecule has 0 unspecified atom stereocenters. The van der Waals surface area contributed by atoms with Crippen LogP contribution in [-0.4, -0.2) is 41.7 Å². The number of Topliss-reactive ketones (excluding diaryl/α,β-unsaturated/α-hetero) is 1. The lowest BCUT2D eigenvalue weighted by molar-refractivity contribution is -0.123. The highest BCUT2D eigenvalue weighted by Gasteiger charge is 2.36. The molecule has 0 radical (unpaired) electrons. The minimum absolute atomic E-state index is 0.169. The van der Waals surface area contributed by atoms with E-state index in [1.54, 1.807) is 6.92 Å². The summed E-state index contributed by atoms with van der Waals surface area (Å²) in [6, 6.07) is 14.2. The molecular weight excluding hydrogens is 458 g/mol.